The van der Waals surface area contributed by atoms with Crippen LogP contribution in [0.4, 0.5) is 5.69 Å². The van der Waals surface area contributed by atoms with Gasteiger partial charge in [0, 0.05) is 43.2 Å². The molecule has 0 aromatic heterocycles. The molecule has 2 aromatic carbocycles. The topological polar surface area (TPSA) is 67.9 Å². The first-order valence-corrected chi connectivity index (χ1v) is 11.5. The number of carbonyl (C=O) groups is 2. The molecule has 0 saturated carbocycles. The molecule has 6 nitrogen and oxygen atoms in total. The third-order valence-electron chi connectivity index (χ3n) is 6.46. The average Bonchev–Trinajstić information content (AvgIpc) is 3.20. The molecule has 1 unspecified atom stereocenters. The number of hydrogen-bond acceptors (Lipinski definition) is 4. The summed E-state index contributed by atoms with van der Waals surface area (Å²) >= 11 is 6.08. The highest BCUT2D eigenvalue weighted by molar-refractivity contribution is 6.30. The van der Waals surface area contributed by atoms with Crippen molar-refractivity contribution in [1.82, 2.24) is 5.32 Å². The zero-order chi connectivity index (χ0) is 22.6. The second-order valence-corrected chi connectivity index (χ2v) is 8.86. The van der Waals surface area contributed by atoms with Gasteiger partial charge in [-0.05, 0) is 49.6 Å². The molecular weight excluding hydrogens is 428 g/mol. The Bertz CT molecular complexity index is 957. The Morgan fingerprint density at radius 1 is 1.19 bits per heavy atom. The van der Waals surface area contributed by atoms with Crippen LogP contribution < -0.4 is 15.0 Å². The number of halogens is 1. The molecule has 2 aliphatic heterocycles. The van der Waals surface area contributed by atoms with E-state index in [0.29, 0.717) is 43.7 Å². The molecule has 1 atom stereocenters. The van der Waals surface area contributed by atoms with Gasteiger partial charge in [0.15, 0.2) is 0 Å². The highest BCUT2D eigenvalue weighted by Crippen LogP contribution is 2.36. The molecule has 2 heterocycles. The van der Waals surface area contributed by atoms with Gasteiger partial charge in [-0.25, -0.2) is 0 Å². The molecule has 2 amide bonds. The van der Waals surface area contributed by atoms with Gasteiger partial charge in [-0.15, -0.1) is 0 Å². The Balaban J connectivity index is 1.45. The van der Waals surface area contributed by atoms with E-state index in [4.69, 9.17) is 21.1 Å². The van der Waals surface area contributed by atoms with Crippen LogP contribution in [0.15, 0.2) is 48.5 Å². The predicted octanol–water partition coefficient (Wildman–Crippen LogP) is 3.96. The van der Waals surface area contributed by atoms with Crippen molar-refractivity contribution in [3.05, 3.63) is 59.1 Å². The van der Waals surface area contributed by atoms with Crippen LogP contribution in [-0.2, 0) is 19.7 Å². The van der Waals surface area contributed by atoms with Gasteiger partial charge in [-0.3, -0.25) is 9.59 Å². The van der Waals surface area contributed by atoms with Crippen molar-refractivity contribution in [2.24, 2.45) is 5.92 Å². The molecule has 2 saturated heterocycles. The van der Waals surface area contributed by atoms with Gasteiger partial charge in [0.05, 0.1) is 18.2 Å². The van der Waals surface area contributed by atoms with Crippen molar-refractivity contribution in [1.29, 1.82) is 0 Å². The van der Waals surface area contributed by atoms with Gasteiger partial charge < -0.3 is 19.7 Å². The molecule has 0 aliphatic carbocycles. The molecule has 1 N–H and O–H groups in total. The fourth-order valence-corrected chi connectivity index (χ4v) is 4.73. The van der Waals surface area contributed by atoms with E-state index in [1.165, 1.54) is 0 Å². The highest BCUT2D eigenvalue weighted by atomic mass is 35.5. The first kappa shape index (κ1) is 22.6. The van der Waals surface area contributed by atoms with Crippen LogP contribution >= 0.6 is 11.6 Å². The zero-order valence-electron chi connectivity index (χ0n) is 18.3. The second kappa shape index (κ2) is 9.92. The highest BCUT2D eigenvalue weighted by Gasteiger charge is 2.39. The number of anilines is 1. The maximum absolute atomic E-state index is 13.1. The molecule has 2 aliphatic rings. The predicted molar refractivity (Wildman–Crippen MR) is 124 cm³/mol. The molecule has 2 fully saturated rings. The Morgan fingerprint density at radius 3 is 2.62 bits per heavy atom. The third-order valence-corrected chi connectivity index (χ3v) is 6.71. The molecule has 0 bridgehead atoms. The Hall–Kier alpha value is -2.57. The smallest absolute Gasteiger partial charge is 0.227 e. The van der Waals surface area contributed by atoms with Crippen LogP contribution in [0, 0.1) is 5.92 Å². The number of carbonyl (C=O) groups excluding carboxylic acids is 2. The minimum Gasteiger partial charge on any atom is -0.492 e. The first-order valence-electron chi connectivity index (χ1n) is 11.2. The van der Waals surface area contributed by atoms with Gasteiger partial charge in [0.1, 0.15) is 5.75 Å². The maximum Gasteiger partial charge on any atom is 0.227 e. The van der Waals surface area contributed by atoms with Crippen molar-refractivity contribution in [2.45, 2.75) is 31.6 Å². The molecular formula is C25H29ClN2O4. The van der Waals surface area contributed by atoms with E-state index in [2.05, 4.69) is 5.32 Å². The summed E-state index contributed by atoms with van der Waals surface area (Å²) in [4.78, 5) is 27.5. The number of rotatable bonds is 7. The van der Waals surface area contributed by atoms with Crippen molar-refractivity contribution >= 4 is 29.1 Å². The van der Waals surface area contributed by atoms with Crippen molar-refractivity contribution < 1.29 is 19.1 Å². The van der Waals surface area contributed by atoms with Crippen LogP contribution in [0.25, 0.3) is 0 Å². The molecule has 32 heavy (non-hydrogen) atoms. The van der Waals surface area contributed by atoms with Crippen molar-refractivity contribution in [3.8, 4) is 5.75 Å². The van der Waals surface area contributed by atoms with E-state index in [1.807, 2.05) is 55.5 Å². The lowest BCUT2D eigenvalue weighted by molar-refractivity contribution is -0.126. The van der Waals surface area contributed by atoms with E-state index < -0.39 is 0 Å². The summed E-state index contributed by atoms with van der Waals surface area (Å²) in [6, 6.07) is 15.3. The largest absolute Gasteiger partial charge is 0.492 e. The fraction of sp³-hybridized carbons (Fsp3) is 0.440. The second-order valence-electron chi connectivity index (χ2n) is 8.42. The summed E-state index contributed by atoms with van der Waals surface area (Å²) in [5.41, 5.74) is 1.68. The molecule has 0 spiro atoms. The van der Waals surface area contributed by atoms with Crippen LogP contribution in [-0.4, -0.2) is 44.7 Å². The SMILES string of the molecule is CCOc1ccccc1N1CC(C(=O)NCC2(c3ccc(Cl)cc3)CCOCC2)CC1=O. The Kier molecular flexibility index (Phi) is 7.01. The molecule has 0 radical (unpaired) electrons. The van der Waals surface area contributed by atoms with Gasteiger partial charge in [0.2, 0.25) is 11.8 Å². The van der Waals surface area contributed by atoms with Crippen LogP contribution in [0.5, 0.6) is 5.75 Å². The summed E-state index contributed by atoms with van der Waals surface area (Å²) in [6.45, 7) is 4.60. The summed E-state index contributed by atoms with van der Waals surface area (Å²) in [5.74, 6) is 0.123. The van der Waals surface area contributed by atoms with Crippen molar-refractivity contribution in [2.75, 3.05) is 37.8 Å². The first-order chi connectivity index (χ1) is 15.5. The summed E-state index contributed by atoms with van der Waals surface area (Å²) in [5, 5.41) is 3.83. The number of amides is 2. The maximum atomic E-state index is 13.1. The molecule has 4 rings (SSSR count). The monoisotopic (exact) mass is 456 g/mol. The summed E-state index contributed by atoms with van der Waals surface area (Å²) in [7, 11) is 0. The lowest BCUT2D eigenvalue weighted by Crippen LogP contribution is -2.46. The number of hydrogen-bond donors (Lipinski definition) is 1. The van der Waals surface area contributed by atoms with Gasteiger partial charge in [-0.1, -0.05) is 35.9 Å². The quantitative estimate of drug-likeness (QED) is 0.684. The minimum atomic E-state index is -0.390. The number of para-hydroxylation sites is 2. The lowest BCUT2D eigenvalue weighted by atomic mass is 9.74. The Labute approximate surface area is 193 Å². The minimum absolute atomic E-state index is 0.0595. The molecule has 170 valence electrons. The lowest BCUT2D eigenvalue weighted by Gasteiger charge is -2.38. The number of ether oxygens (including phenoxy) is 2. The van der Waals surface area contributed by atoms with Gasteiger partial charge >= 0.3 is 0 Å². The average molecular weight is 457 g/mol. The zero-order valence-corrected chi connectivity index (χ0v) is 19.1. The van der Waals surface area contributed by atoms with E-state index in [9.17, 15) is 9.59 Å². The number of nitrogens with zero attached hydrogens (tertiary/aromatic N) is 1. The Morgan fingerprint density at radius 2 is 1.91 bits per heavy atom. The molecule has 7 heteroatoms. The van der Waals surface area contributed by atoms with Gasteiger partial charge in [-0.2, -0.15) is 0 Å². The van der Waals surface area contributed by atoms with Crippen LogP contribution in [0.1, 0.15) is 31.7 Å². The van der Waals surface area contributed by atoms with Crippen LogP contribution in [0.3, 0.4) is 0 Å². The van der Waals surface area contributed by atoms with E-state index in [-0.39, 0.29) is 29.6 Å². The standard InChI is InChI=1S/C25H29ClN2O4/c1-2-32-22-6-4-3-5-21(22)28-16-18(15-23(28)29)24(30)27-17-25(11-13-31-14-12-25)19-7-9-20(26)10-8-19/h3-10,18H,2,11-17H2,1H3,(H,27,30). The van der Waals surface area contributed by atoms with Crippen molar-refractivity contribution in [3.63, 3.8) is 0 Å². The van der Waals surface area contributed by atoms with E-state index in [1.54, 1.807) is 4.90 Å². The van der Waals surface area contributed by atoms with Gasteiger partial charge in [0.25, 0.3) is 0 Å². The molecule has 2 aromatic rings. The van der Waals surface area contributed by atoms with E-state index >= 15 is 0 Å². The van der Waals surface area contributed by atoms with Crippen LogP contribution in [0.2, 0.25) is 5.02 Å². The summed E-state index contributed by atoms with van der Waals surface area (Å²) in [6.07, 6.45) is 1.85. The fourth-order valence-electron chi connectivity index (χ4n) is 4.61. The number of nitrogens with one attached hydrogen (secondary N) is 1. The van der Waals surface area contributed by atoms with E-state index in [0.717, 1.165) is 24.1 Å². The normalized spacial score (nSPS) is 20.2. The third kappa shape index (κ3) is 4.76. The summed E-state index contributed by atoms with van der Waals surface area (Å²) < 4.78 is 11.3. The number of benzene rings is 2.